The molecule has 0 spiro atoms. The predicted molar refractivity (Wildman–Crippen MR) is 82.9 cm³/mol. The Labute approximate surface area is 157 Å². The third kappa shape index (κ3) is 3.25. The molecule has 1 heterocycles. The van der Waals surface area contributed by atoms with Crippen molar-refractivity contribution in [2.75, 3.05) is 0 Å². The Morgan fingerprint density at radius 3 is 1.93 bits per heavy atom. The minimum Gasteiger partial charge on any atom is -0.221 e. The van der Waals surface area contributed by atoms with Crippen LogP contribution in [0.15, 0.2) is 6.07 Å². The van der Waals surface area contributed by atoms with Crippen LogP contribution in [-0.2, 0) is 12.1 Å². The number of halogens is 9. The summed E-state index contributed by atoms with van der Waals surface area (Å²) in [5.74, 6) is -6.75. The van der Waals surface area contributed by atoms with E-state index in [0.29, 0.717) is 17.6 Å². The average Bonchev–Trinajstić information content (AvgIpc) is 2.96. The maximum Gasteiger partial charge on any atom is 0.457 e. The van der Waals surface area contributed by atoms with Crippen LogP contribution in [0.2, 0.25) is 0 Å². The third-order valence-electron chi connectivity index (χ3n) is 4.06. The second-order valence-corrected chi connectivity index (χ2v) is 6.74. The first kappa shape index (κ1) is 22.4. The fourth-order valence-corrected chi connectivity index (χ4v) is 3.48. The van der Waals surface area contributed by atoms with Gasteiger partial charge in [0, 0.05) is 11.1 Å². The average molecular weight is 435 g/mol. The molecule has 1 unspecified atom stereocenters. The molecule has 0 aliphatic heterocycles. The van der Waals surface area contributed by atoms with E-state index in [9.17, 15) is 35.1 Å². The Balaban J connectivity index is 3.05. The molecular formula is C16H12F9N2S. The van der Waals surface area contributed by atoms with Gasteiger partial charge in [0.2, 0.25) is 0 Å². The van der Waals surface area contributed by atoms with Gasteiger partial charge in [0.1, 0.15) is 0 Å². The molecule has 28 heavy (non-hydrogen) atoms. The van der Waals surface area contributed by atoms with Gasteiger partial charge in [0.25, 0.3) is 0 Å². The van der Waals surface area contributed by atoms with E-state index in [-0.39, 0.29) is 28.1 Å². The van der Waals surface area contributed by atoms with Gasteiger partial charge in [0.05, 0.1) is 10.6 Å². The Kier molecular flexibility index (Phi) is 5.52. The van der Waals surface area contributed by atoms with Gasteiger partial charge in [-0.2, -0.15) is 35.1 Å². The van der Waals surface area contributed by atoms with E-state index in [4.69, 9.17) is 0 Å². The van der Waals surface area contributed by atoms with E-state index < -0.39 is 35.1 Å². The first-order valence-corrected chi connectivity index (χ1v) is 8.42. The Hall–Kier alpha value is -1.85. The normalized spacial score (nSPS) is 15.6. The van der Waals surface area contributed by atoms with Crippen LogP contribution >= 0.6 is 11.5 Å². The first-order valence-electron chi connectivity index (χ1n) is 7.65. The highest BCUT2D eigenvalue weighted by molar-refractivity contribution is 7.09. The zero-order valence-electron chi connectivity index (χ0n) is 14.5. The molecule has 1 radical (unpaired) electrons. The topological polar surface area (TPSA) is 25.8 Å². The summed E-state index contributed by atoms with van der Waals surface area (Å²) in [6, 6.07) is 2.89. The highest BCUT2D eigenvalue weighted by atomic mass is 32.1. The van der Waals surface area contributed by atoms with E-state index in [0.717, 1.165) is 6.92 Å². The summed E-state index contributed by atoms with van der Waals surface area (Å²) in [6.45, 7) is 3.79. The van der Waals surface area contributed by atoms with Crippen LogP contribution in [0.5, 0.6) is 0 Å². The number of aryl methyl sites for hydroxylation is 3. The van der Waals surface area contributed by atoms with Gasteiger partial charge in [-0.3, -0.25) is 0 Å². The molecule has 1 aromatic heterocycles. The van der Waals surface area contributed by atoms with Gasteiger partial charge in [-0.15, -0.1) is 5.10 Å². The number of hydrogen-bond acceptors (Lipinski definition) is 3. The van der Waals surface area contributed by atoms with Crippen molar-refractivity contribution in [3.63, 3.8) is 0 Å². The monoisotopic (exact) mass is 435 g/mol. The van der Waals surface area contributed by atoms with E-state index in [1.165, 1.54) is 13.8 Å². The number of alkyl halides is 9. The van der Waals surface area contributed by atoms with E-state index in [1.54, 1.807) is 0 Å². The maximum absolute atomic E-state index is 15.1. The molecule has 0 bridgehead atoms. The number of benzene rings is 1. The fourth-order valence-electron chi connectivity index (χ4n) is 2.74. The smallest absolute Gasteiger partial charge is 0.221 e. The van der Waals surface area contributed by atoms with Crippen LogP contribution in [0.3, 0.4) is 0 Å². The standard InChI is InChI=1S/C16H12F9N2S/c1-4-9-5-7(2)6-10(11(9)12-8(3)26-27-28-12)13(17,15(20,21)22)14(18,19)16(23,24)25/h6H,4H2,1-3H3. The molecule has 0 saturated heterocycles. The van der Waals surface area contributed by atoms with Crippen molar-refractivity contribution in [3.8, 4) is 10.4 Å². The molecule has 0 aliphatic rings. The molecule has 2 aromatic rings. The summed E-state index contributed by atoms with van der Waals surface area (Å²) >= 11 is 0.456. The number of aromatic nitrogens is 2. The molecule has 0 aliphatic carbocycles. The second kappa shape index (κ2) is 6.89. The van der Waals surface area contributed by atoms with Crippen LogP contribution in [-0.4, -0.2) is 27.9 Å². The van der Waals surface area contributed by atoms with Gasteiger partial charge in [-0.05, 0) is 49.0 Å². The zero-order valence-corrected chi connectivity index (χ0v) is 15.3. The molecule has 2 nitrogen and oxygen atoms in total. The lowest BCUT2D eigenvalue weighted by Crippen LogP contribution is -2.60. The van der Waals surface area contributed by atoms with Crippen LogP contribution in [0, 0.1) is 19.9 Å². The predicted octanol–water partition coefficient (Wildman–Crippen LogP) is 6.11. The van der Waals surface area contributed by atoms with Crippen molar-refractivity contribution >= 4 is 11.5 Å². The van der Waals surface area contributed by atoms with Crippen LogP contribution < -0.4 is 0 Å². The molecule has 155 valence electrons. The van der Waals surface area contributed by atoms with E-state index >= 15 is 4.39 Å². The summed E-state index contributed by atoms with van der Waals surface area (Å²) in [6.07, 6.45) is -13.5. The molecule has 1 aromatic carbocycles. The fraction of sp³-hybridized carbons (Fsp3) is 0.500. The largest absolute Gasteiger partial charge is 0.457 e. The van der Waals surface area contributed by atoms with Crippen molar-refractivity contribution < 1.29 is 39.5 Å². The van der Waals surface area contributed by atoms with Crippen LogP contribution in [0.1, 0.15) is 29.3 Å². The molecule has 2 rings (SSSR count). The summed E-state index contributed by atoms with van der Waals surface area (Å²) in [5.41, 5.74) is -9.07. The van der Waals surface area contributed by atoms with Crippen LogP contribution in [0.4, 0.5) is 39.5 Å². The SMILES string of the molecule is CCc1[c]c(C)cc(C(F)(C(F)(F)F)C(F)(F)C(F)(F)F)c1-c1snnc1C. The lowest BCUT2D eigenvalue weighted by molar-refractivity contribution is -0.389. The molecule has 12 heteroatoms. The Bertz CT molecular complexity index is 870. The number of rotatable bonds is 4. The van der Waals surface area contributed by atoms with Gasteiger partial charge in [0.15, 0.2) is 0 Å². The minimum absolute atomic E-state index is 0.0435. The van der Waals surface area contributed by atoms with Gasteiger partial charge < -0.3 is 0 Å². The van der Waals surface area contributed by atoms with Crippen LogP contribution in [0.25, 0.3) is 10.4 Å². The van der Waals surface area contributed by atoms with Crippen molar-refractivity contribution in [2.45, 2.75) is 51.1 Å². The first-order chi connectivity index (χ1) is 12.6. The highest BCUT2D eigenvalue weighted by Gasteiger charge is 2.82. The highest BCUT2D eigenvalue weighted by Crippen LogP contribution is 2.60. The molecule has 1 atom stereocenters. The summed E-state index contributed by atoms with van der Waals surface area (Å²) in [4.78, 5) is -0.243. The van der Waals surface area contributed by atoms with Crippen molar-refractivity contribution in [1.82, 2.24) is 9.59 Å². The third-order valence-corrected chi connectivity index (χ3v) is 4.91. The summed E-state index contributed by atoms with van der Waals surface area (Å²) < 4.78 is 126. The van der Waals surface area contributed by atoms with Crippen molar-refractivity contribution in [2.24, 2.45) is 0 Å². The molecule has 0 fully saturated rings. The van der Waals surface area contributed by atoms with E-state index in [1.807, 2.05) is 0 Å². The quantitative estimate of drug-likeness (QED) is 0.542. The molecule has 0 amide bonds. The summed E-state index contributed by atoms with van der Waals surface area (Å²) in [5, 5.41) is 3.53. The van der Waals surface area contributed by atoms with Crippen molar-refractivity contribution in [3.05, 3.63) is 34.5 Å². The number of nitrogens with zero attached hydrogens (tertiary/aromatic N) is 2. The van der Waals surface area contributed by atoms with E-state index in [2.05, 4.69) is 15.7 Å². The lowest BCUT2D eigenvalue weighted by Gasteiger charge is -2.37. The zero-order chi connectivity index (χ0) is 21.7. The van der Waals surface area contributed by atoms with Gasteiger partial charge >= 0.3 is 23.9 Å². The number of hydrogen-bond donors (Lipinski definition) is 0. The van der Waals surface area contributed by atoms with Gasteiger partial charge in [-0.1, -0.05) is 17.5 Å². The van der Waals surface area contributed by atoms with Crippen molar-refractivity contribution in [1.29, 1.82) is 0 Å². The summed E-state index contributed by atoms with van der Waals surface area (Å²) in [7, 11) is 0. The van der Waals surface area contributed by atoms with Gasteiger partial charge in [-0.25, -0.2) is 4.39 Å². The lowest BCUT2D eigenvalue weighted by atomic mass is 9.81. The molecular weight excluding hydrogens is 423 g/mol. The Morgan fingerprint density at radius 2 is 1.54 bits per heavy atom. The maximum atomic E-state index is 15.1. The molecule has 0 N–H and O–H groups in total. The Morgan fingerprint density at radius 1 is 0.964 bits per heavy atom. The molecule has 0 saturated carbocycles. The second-order valence-electron chi connectivity index (χ2n) is 5.99. The minimum atomic E-state index is -6.80.